The number of carbonyl (C=O) groups excluding carboxylic acids is 1. The predicted octanol–water partition coefficient (Wildman–Crippen LogP) is 2.72. The molecule has 110 valence electrons. The summed E-state index contributed by atoms with van der Waals surface area (Å²) in [6.45, 7) is -1.19. The van der Waals surface area contributed by atoms with Gasteiger partial charge in [0.15, 0.2) is 0 Å². The molecule has 0 fully saturated rings. The maximum absolute atomic E-state index is 13.9. The third-order valence-corrected chi connectivity index (χ3v) is 3.27. The molecule has 0 aliphatic carbocycles. The summed E-state index contributed by atoms with van der Waals surface area (Å²) in [6, 6.07) is 5.43. The molecule has 0 aliphatic rings. The fourth-order valence-electron chi connectivity index (χ4n) is 2.29. The molecule has 6 heteroatoms. The Hall–Kier alpha value is -2.21. The van der Waals surface area contributed by atoms with E-state index in [1.54, 1.807) is 0 Å². The van der Waals surface area contributed by atoms with Crippen LogP contribution < -0.4 is 0 Å². The minimum Gasteiger partial charge on any atom is -0.395 e. The molecule has 0 bridgehead atoms. The van der Waals surface area contributed by atoms with Crippen LogP contribution in [0, 0.1) is 23.3 Å². The fraction of sp³-hybridized carbons (Fsp3) is 0.133. The summed E-state index contributed by atoms with van der Waals surface area (Å²) in [7, 11) is 0. The molecular formula is C15H10F4O2. The Morgan fingerprint density at radius 1 is 0.857 bits per heavy atom. The maximum Gasteiger partial charge on any atom is 0.137 e. The van der Waals surface area contributed by atoms with E-state index in [9.17, 15) is 27.5 Å². The van der Waals surface area contributed by atoms with Crippen molar-refractivity contribution in [1.29, 1.82) is 0 Å². The Labute approximate surface area is 117 Å². The highest BCUT2D eigenvalue weighted by atomic mass is 19.1. The van der Waals surface area contributed by atoms with Gasteiger partial charge in [-0.15, -0.1) is 0 Å². The first kappa shape index (κ1) is 15.2. The predicted molar refractivity (Wildman–Crippen MR) is 66.6 cm³/mol. The zero-order valence-corrected chi connectivity index (χ0v) is 10.6. The monoisotopic (exact) mass is 298 g/mol. The van der Waals surface area contributed by atoms with Crippen molar-refractivity contribution in [2.24, 2.45) is 0 Å². The van der Waals surface area contributed by atoms with Crippen LogP contribution in [0.1, 0.15) is 11.1 Å². The van der Waals surface area contributed by atoms with E-state index < -0.39 is 46.4 Å². The minimum absolute atomic E-state index is 0.0595. The van der Waals surface area contributed by atoms with Crippen molar-refractivity contribution in [3.05, 3.63) is 70.8 Å². The summed E-state index contributed by atoms with van der Waals surface area (Å²) in [5.41, 5.74) is -4.29. The number of aldehydes is 1. The van der Waals surface area contributed by atoms with Crippen molar-refractivity contribution in [3.63, 3.8) is 0 Å². The summed E-state index contributed by atoms with van der Waals surface area (Å²) >= 11 is 0. The van der Waals surface area contributed by atoms with E-state index >= 15 is 0 Å². The molecule has 0 unspecified atom stereocenters. The number of benzene rings is 2. The maximum atomic E-state index is 13.9. The van der Waals surface area contributed by atoms with Crippen molar-refractivity contribution in [2.75, 3.05) is 6.61 Å². The van der Waals surface area contributed by atoms with Crippen LogP contribution in [0.15, 0.2) is 36.4 Å². The van der Waals surface area contributed by atoms with Gasteiger partial charge in [-0.05, 0) is 24.3 Å². The minimum atomic E-state index is -2.50. The molecule has 2 aromatic rings. The van der Waals surface area contributed by atoms with E-state index in [1.165, 1.54) is 0 Å². The van der Waals surface area contributed by atoms with Crippen LogP contribution in [0.5, 0.6) is 0 Å². The molecule has 0 amide bonds. The lowest BCUT2D eigenvalue weighted by atomic mass is 9.75. The zero-order valence-electron chi connectivity index (χ0n) is 10.6. The van der Waals surface area contributed by atoms with E-state index in [0.29, 0.717) is 0 Å². The molecule has 2 nitrogen and oxygen atoms in total. The van der Waals surface area contributed by atoms with Crippen molar-refractivity contribution in [3.8, 4) is 0 Å². The van der Waals surface area contributed by atoms with Gasteiger partial charge in [0.1, 0.15) is 35.0 Å². The third-order valence-electron chi connectivity index (χ3n) is 3.27. The Morgan fingerprint density at radius 2 is 1.19 bits per heavy atom. The highest BCUT2D eigenvalue weighted by Gasteiger charge is 2.42. The Bertz CT molecular complexity index is 593. The van der Waals surface area contributed by atoms with Crippen molar-refractivity contribution in [2.45, 2.75) is 5.41 Å². The van der Waals surface area contributed by atoms with Crippen molar-refractivity contribution >= 4 is 6.29 Å². The summed E-state index contributed by atoms with van der Waals surface area (Å²) in [6.07, 6.45) is -0.0595. The van der Waals surface area contributed by atoms with Crippen LogP contribution in [-0.2, 0) is 10.2 Å². The third kappa shape index (κ3) is 2.31. The molecule has 2 aromatic carbocycles. The molecule has 0 saturated heterocycles. The van der Waals surface area contributed by atoms with Gasteiger partial charge >= 0.3 is 0 Å². The molecule has 1 N–H and O–H groups in total. The summed E-state index contributed by atoms with van der Waals surface area (Å²) in [5.74, 6) is -4.73. The Balaban J connectivity index is 2.88. The Morgan fingerprint density at radius 3 is 1.43 bits per heavy atom. The number of halogens is 4. The second-order valence-corrected chi connectivity index (χ2v) is 4.44. The quantitative estimate of drug-likeness (QED) is 0.696. The van der Waals surface area contributed by atoms with Crippen molar-refractivity contribution < 1.29 is 27.5 Å². The highest BCUT2D eigenvalue weighted by Crippen LogP contribution is 2.36. The first-order valence-electron chi connectivity index (χ1n) is 5.94. The van der Waals surface area contributed by atoms with E-state index in [4.69, 9.17) is 0 Å². The summed E-state index contributed by atoms with van der Waals surface area (Å²) in [4.78, 5) is 11.4. The van der Waals surface area contributed by atoms with Crippen LogP contribution in [-0.4, -0.2) is 18.0 Å². The van der Waals surface area contributed by atoms with Gasteiger partial charge < -0.3 is 9.90 Å². The van der Waals surface area contributed by atoms with Crippen LogP contribution in [0.4, 0.5) is 17.6 Å². The van der Waals surface area contributed by atoms with E-state index in [1.807, 2.05) is 0 Å². The first-order valence-corrected chi connectivity index (χ1v) is 5.94. The second-order valence-electron chi connectivity index (χ2n) is 4.44. The van der Waals surface area contributed by atoms with Gasteiger partial charge in [0, 0.05) is 11.1 Å². The summed E-state index contributed by atoms with van der Waals surface area (Å²) in [5, 5.41) is 9.48. The van der Waals surface area contributed by atoms with Crippen LogP contribution in [0.3, 0.4) is 0 Å². The molecular weight excluding hydrogens is 288 g/mol. The average molecular weight is 298 g/mol. The second kappa shape index (κ2) is 5.65. The normalized spacial score (nSPS) is 11.5. The largest absolute Gasteiger partial charge is 0.395 e. The smallest absolute Gasteiger partial charge is 0.137 e. The van der Waals surface area contributed by atoms with Gasteiger partial charge in [-0.1, -0.05) is 12.1 Å². The van der Waals surface area contributed by atoms with Crippen LogP contribution in [0.25, 0.3) is 0 Å². The van der Waals surface area contributed by atoms with Crippen LogP contribution >= 0.6 is 0 Å². The number of rotatable bonds is 4. The SMILES string of the molecule is O=CC(CO)(c1c(F)cccc1F)c1c(F)cccc1F. The van der Waals surface area contributed by atoms with Gasteiger partial charge in [-0.2, -0.15) is 0 Å². The molecule has 0 saturated carbocycles. The molecule has 0 spiro atoms. The lowest BCUT2D eigenvalue weighted by Crippen LogP contribution is -2.38. The summed E-state index contributed by atoms with van der Waals surface area (Å²) < 4.78 is 55.7. The lowest BCUT2D eigenvalue weighted by Gasteiger charge is -2.28. The number of hydrogen-bond donors (Lipinski definition) is 1. The number of hydrogen-bond acceptors (Lipinski definition) is 2. The van der Waals surface area contributed by atoms with E-state index in [-0.39, 0.29) is 6.29 Å². The molecule has 2 rings (SSSR count). The molecule has 0 aromatic heterocycles. The van der Waals surface area contributed by atoms with Gasteiger partial charge in [0.25, 0.3) is 0 Å². The average Bonchev–Trinajstić information content (AvgIpc) is 2.45. The first-order chi connectivity index (χ1) is 9.97. The standard InChI is InChI=1S/C15H10F4O2/c16-9-3-1-4-10(17)13(9)15(7-20,8-21)14-11(18)5-2-6-12(14)19/h1-7,21H,8H2. The van der Waals surface area contributed by atoms with Gasteiger partial charge in [0.2, 0.25) is 0 Å². The van der Waals surface area contributed by atoms with Gasteiger partial charge in [-0.3, -0.25) is 0 Å². The molecule has 21 heavy (non-hydrogen) atoms. The number of aliphatic hydroxyl groups is 1. The van der Waals surface area contributed by atoms with E-state index in [2.05, 4.69) is 0 Å². The topological polar surface area (TPSA) is 37.3 Å². The van der Waals surface area contributed by atoms with Crippen molar-refractivity contribution in [1.82, 2.24) is 0 Å². The lowest BCUT2D eigenvalue weighted by molar-refractivity contribution is -0.112. The molecule has 0 aliphatic heterocycles. The highest BCUT2D eigenvalue weighted by molar-refractivity contribution is 5.76. The number of aliphatic hydroxyl groups excluding tert-OH is 1. The van der Waals surface area contributed by atoms with Crippen LogP contribution in [0.2, 0.25) is 0 Å². The molecule has 0 radical (unpaired) electrons. The number of carbonyl (C=O) groups is 1. The molecule has 0 atom stereocenters. The van der Waals surface area contributed by atoms with Gasteiger partial charge in [-0.25, -0.2) is 17.6 Å². The fourth-order valence-corrected chi connectivity index (χ4v) is 2.29. The molecule has 0 heterocycles. The zero-order chi connectivity index (χ0) is 15.6. The van der Waals surface area contributed by atoms with Gasteiger partial charge in [0.05, 0.1) is 6.61 Å². The Kier molecular flexibility index (Phi) is 4.09. The van der Waals surface area contributed by atoms with E-state index in [0.717, 1.165) is 36.4 Å².